The molecule has 0 aliphatic carbocycles. The number of ether oxygens (including phenoxy) is 1. The Morgan fingerprint density at radius 1 is 1.40 bits per heavy atom. The van der Waals surface area contributed by atoms with Crippen LogP contribution < -0.4 is 0 Å². The Labute approximate surface area is 94.4 Å². The maximum absolute atomic E-state index is 5.73. The highest BCUT2D eigenvalue weighted by Gasteiger charge is 2.22. The summed E-state index contributed by atoms with van der Waals surface area (Å²) in [6, 6.07) is 0.689. The van der Waals surface area contributed by atoms with Crippen LogP contribution in [-0.2, 0) is 4.74 Å². The molecule has 1 aliphatic rings. The van der Waals surface area contributed by atoms with Gasteiger partial charge in [0.05, 0.1) is 6.61 Å². The van der Waals surface area contributed by atoms with Crippen molar-refractivity contribution in [2.24, 2.45) is 0 Å². The Bertz CT molecular complexity index is 162. The quantitative estimate of drug-likeness (QED) is 0.596. The number of hydrogen-bond donors (Lipinski definition) is 0. The smallest absolute Gasteiger partial charge is 0.0621 e. The molecule has 3 heteroatoms. The van der Waals surface area contributed by atoms with E-state index in [9.17, 15) is 0 Å². The van der Waals surface area contributed by atoms with Crippen LogP contribution in [0.5, 0.6) is 0 Å². The molecular weight excluding hydrogens is 188 g/mol. The van der Waals surface area contributed by atoms with Gasteiger partial charge in [-0.3, -0.25) is 4.90 Å². The molecule has 1 fully saturated rings. The van der Waals surface area contributed by atoms with E-state index in [1.807, 2.05) is 0 Å². The summed E-state index contributed by atoms with van der Waals surface area (Å²) >= 11 is 0. The first kappa shape index (κ1) is 12.9. The molecule has 0 aromatic carbocycles. The second kappa shape index (κ2) is 7.20. The van der Waals surface area contributed by atoms with Crippen molar-refractivity contribution in [1.82, 2.24) is 9.80 Å². The summed E-state index contributed by atoms with van der Waals surface area (Å²) in [7, 11) is 4.21. The fourth-order valence-corrected chi connectivity index (χ4v) is 2.20. The first-order valence-electron chi connectivity index (χ1n) is 6.20. The molecule has 0 aromatic rings. The van der Waals surface area contributed by atoms with Gasteiger partial charge in [0.15, 0.2) is 0 Å². The number of likely N-dealkylation sites (tertiary alicyclic amines) is 1. The van der Waals surface area contributed by atoms with Crippen molar-refractivity contribution >= 4 is 0 Å². The molecule has 0 amide bonds. The third kappa shape index (κ3) is 4.96. The molecule has 0 aromatic heterocycles. The SMILES string of the molecule is CCN1CCCC1COCCCN(C)C. The van der Waals surface area contributed by atoms with Crippen molar-refractivity contribution in [1.29, 1.82) is 0 Å². The maximum Gasteiger partial charge on any atom is 0.0621 e. The normalized spacial score (nSPS) is 22.8. The van der Waals surface area contributed by atoms with Crippen LogP contribution >= 0.6 is 0 Å². The summed E-state index contributed by atoms with van der Waals surface area (Å²) in [6.45, 7) is 7.65. The van der Waals surface area contributed by atoms with Crippen LogP contribution in [0.2, 0.25) is 0 Å². The zero-order chi connectivity index (χ0) is 11.1. The van der Waals surface area contributed by atoms with Gasteiger partial charge in [0.25, 0.3) is 0 Å². The fourth-order valence-electron chi connectivity index (χ4n) is 2.20. The van der Waals surface area contributed by atoms with E-state index < -0.39 is 0 Å². The van der Waals surface area contributed by atoms with Gasteiger partial charge in [0, 0.05) is 12.6 Å². The highest BCUT2D eigenvalue weighted by atomic mass is 16.5. The lowest BCUT2D eigenvalue weighted by Crippen LogP contribution is -2.33. The summed E-state index contributed by atoms with van der Waals surface area (Å²) in [5.41, 5.74) is 0. The van der Waals surface area contributed by atoms with E-state index >= 15 is 0 Å². The second-order valence-electron chi connectivity index (χ2n) is 4.66. The van der Waals surface area contributed by atoms with Crippen molar-refractivity contribution in [3.63, 3.8) is 0 Å². The Kier molecular flexibility index (Phi) is 6.22. The third-order valence-electron chi connectivity index (χ3n) is 3.11. The Hall–Kier alpha value is -0.120. The largest absolute Gasteiger partial charge is 0.380 e. The number of nitrogens with zero attached hydrogens (tertiary/aromatic N) is 2. The van der Waals surface area contributed by atoms with E-state index in [1.165, 1.54) is 25.9 Å². The standard InChI is InChI=1S/C12H26N2O/c1-4-14-9-5-7-12(14)11-15-10-6-8-13(2)3/h12H,4-11H2,1-3H3. The van der Waals surface area contributed by atoms with Gasteiger partial charge in [0.2, 0.25) is 0 Å². The van der Waals surface area contributed by atoms with Gasteiger partial charge < -0.3 is 9.64 Å². The molecular formula is C12H26N2O. The highest BCUT2D eigenvalue weighted by molar-refractivity contribution is 4.77. The van der Waals surface area contributed by atoms with E-state index in [2.05, 4.69) is 30.8 Å². The minimum atomic E-state index is 0.689. The predicted octanol–water partition coefficient (Wildman–Crippen LogP) is 1.44. The molecule has 1 saturated heterocycles. The lowest BCUT2D eigenvalue weighted by molar-refractivity contribution is 0.0746. The molecule has 0 radical (unpaired) electrons. The Balaban J connectivity index is 1.99. The predicted molar refractivity (Wildman–Crippen MR) is 64.3 cm³/mol. The molecule has 0 spiro atoms. The van der Waals surface area contributed by atoms with Crippen LogP contribution in [0, 0.1) is 0 Å². The molecule has 1 aliphatic heterocycles. The van der Waals surface area contributed by atoms with Gasteiger partial charge in [-0.15, -0.1) is 0 Å². The lowest BCUT2D eigenvalue weighted by Gasteiger charge is -2.22. The highest BCUT2D eigenvalue weighted by Crippen LogP contribution is 2.16. The molecule has 1 heterocycles. The monoisotopic (exact) mass is 214 g/mol. The van der Waals surface area contributed by atoms with E-state index in [1.54, 1.807) is 0 Å². The average Bonchev–Trinajstić information content (AvgIpc) is 2.64. The van der Waals surface area contributed by atoms with Crippen molar-refractivity contribution in [3.8, 4) is 0 Å². The van der Waals surface area contributed by atoms with Crippen LogP contribution in [0.15, 0.2) is 0 Å². The van der Waals surface area contributed by atoms with Crippen molar-refractivity contribution in [2.45, 2.75) is 32.2 Å². The lowest BCUT2D eigenvalue weighted by atomic mass is 10.2. The van der Waals surface area contributed by atoms with Crippen LogP contribution in [0.25, 0.3) is 0 Å². The zero-order valence-electron chi connectivity index (χ0n) is 10.5. The zero-order valence-corrected chi connectivity index (χ0v) is 10.5. The van der Waals surface area contributed by atoms with E-state index in [0.29, 0.717) is 6.04 Å². The van der Waals surface area contributed by atoms with E-state index in [0.717, 1.165) is 26.2 Å². The fraction of sp³-hybridized carbons (Fsp3) is 1.00. The first-order valence-corrected chi connectivity index (χ1v) is 6.20. The third-order valence-corrected chi connectivity index (χ3v) is 3.11. The molecule has 3 nitrogen and oxygen atoms in total. The molecule has 0 saturated carbocycles. The number of hydrogen-bond acceptors (Lipinski definition) is 3. The van der Waals surface area contributed by atoms with Crippen LogP contribution in [-0.4, -0.2) is 62.8 Å². The van der Waals surface area contributed by atoms with Gasteiger partial charge in [0.1, 0.15) is 0 Å². The maximum atomic E-state index is 5.73. The van der Waals surface area contributed by atoms with Gasteiger partial charge >= 0.3 is 0 Å². The minimum Gasteiger partial charge on any atom is -0.380 e. The summed E-state index contributed by atoms with van der Waals surface area (Å²) in [5, 5.41) is 0. The summed E-state index contributed by atoms with van der Waals surface area (Å²) in [5.74, 6) is 0. The van der Waals surface area contributed by atoms with E-state index in [-0.39, 0.29) is 0 Å². The van der Waals surface area contributed by atoms with Gasteiger partial charge in [-0.25, -0.2) is 0 Å². The summed E-state index contributed by atoms with van der Waals surface area (Å²) in [6.07, 6.45) is 3.81. The van der Waals surface area contributed by atoms with Gasteiger partial charge in [-0.1, -0.05) is 6.92 Å². The van der Waals surface area contributed by atoms with Crippen LogP contribution in [0.4, 0.5) is 0 Å². The molecule has 0 bridgehead atoms. The number of likely N-dealkylation sites (N-methyl/N-ethyl adjacent to an activating group) is 1. The minimum absolute atomic E-state index is 0.689. The van der Waals surface area contributed by atoms with Crippen molar-refractivity contribution < 1.29 is 4.74 Å². The summed E-state index contributed by atoms with van der Waals surface area (Å²) < 4.78 is 5.73. The average molecular weight is 214 g/mol. The van der Waals surface area contributed by atoms with Crippen molar-refractivity contribution in [2.75, 3.05) is 46.9 Å². The van der Waals surface area contributed by atoms with Gasteiger partial charge in [-0.05, 0) is 53.0 Å². The Morgan fingerprint density at radius 3 is 2.87 bits per heavy atom. The second-order valence-corrected chi connectivity index (χ2v) is 4.66. The molecule has 0 N–H and O–H groups in total. The van der Waals surface area contributed by atoms with Crippen LogP contribution in [0.1, 0.15) is 26.2 Å². The topological polar surface area (TPSA) is 15.7 Å². The molecule has 1 rings (SSSR count). The summed E-state index contributed by atoms with van der Waals surface area (Å²) in [4.78, 5) is 4.74. The van der Waals surface area contributed by atoms with E-state index in [4.69, 9.17) is 4.74 Å². The first-order chi connectivity index (χ1) is 7.24. The molecule has 1 atom stereocenters. The molecule has 90 valence electrons. The van der Waals surface area contributed by atoms with Crippen LogP contribution in [0.3, 0.4) is 0 Å². The van der Waals surface area contributed by atoms with Crippen molar-refractivity contribution in [3.05, 3.63) is 0 Å². The number of rotatable bonds is 7. The molecule has 1 unspecified atom stereocenters. The van der Waals surface area contributed by atoms with Gasteiger partial charge in [-0.2, -0.15) is 0 Å². The Morgan fingerprint density at radius 2 is 2.20 bits per heavy atom. The molecule has 15 heavy (non-hydrogen) atoms.